The van der Waals surface area contributed by atoms with Gasteiger partial charge in [0.2, 0.25) is 5.91 Å². The second-order valence-corrected chi connectivity index (χ2v) is 5.78. The summed E-state index contributed by atoms with van der Waals surface area (Å²) in [6.45, 7) is 6.80. The molecule has 2 N–H and O–H groups in total. The Balaban J connectivity index is 1.98. The average Bonchev–Trinajstić information content (AvgIpc) is 2.89. The summed E-state index contributed by atoms with van der Waals surface area (Å²) in [5.74, 6) is 1.56. The predicted octanol–water partition coefficient (Wildman–Crippen LogP) is 2.19. The van der Waals surface area contributed by atoms with Crippen LogP contribution in [0.2, 0.25) is 0 Å². The van der Waals surface area contributed by atoms with Crippen molar-refractivity contribution in [1.82, 2.24) is 4.90 Å². The highest BCUT2D eigenvalue weighted by molar-refractivity contribution is 5.79. The number of carbonyl (C=O) groups excluding carboxylic acids is 1. The fourth-order valence-corrected chi connectivity index (χ4v) is 2.76. The Bertz CT molecular complexity index is 442. The van der Waals surface area contributed by atoms with Crippen molar-refractivity contribution in [3.8, 4) is 0 Å². The van der Waals surface area contributed by atoms with Crippen molar-refractivity contribution in [2.75, 3.05) is 13.1 Å². The Hall–Kier alpha value is -1.35. The van der Waals surface area contributed by atoms with Crippen LogP contribution in [-0.2, 0) is 17.8 Å². The summed E-state index contributed by atoms with van der Waals surface area (Å²) in [7, 11) is 0. The molecule has 0 saturated carbocycles. The van der Waals surface area contributed by atoms with Gasteiger partial charge < -0.3 is 10.6 Å². The van der Waals surface area contributed by atoms with Crippen LogP contribution in [0.5, 0.6) is 0 Å². The van der Waals surface area contributed by atoms with Crippen LogP contribution in [0.1, 0.15) is 31.4 Å². The van der Waals surface area contributed by atoms with E-state index in [0.717, 1.165) is 30.6 Å². The van der Waals surface area contributed by atoms with Gasteiger partial charge in [0.05, 0.1) is 6.42 Å². The maximum atomic E-state index is 12.3. The number of benzene rings is 1. The first kappa shape index (κ1) is 14.1. The number of nitrogens with zero attached hydrogens (tertiary/aromatic N) is 1. The molecule has 0 aromatic heterocycles. The van der Waals surface area contributed by atoms with E-state index in [1.807, 2.05) is 29.2 Å². The van der Waals surface area contributed by atoms with Crippen LogP contribution >= 0.6 is 0 Å². The molecule has 1 aliphatic heterocycles. The van der Waals surface area contributed by atoms with Gasteiger partial charge in [0.15, 0.2) is 0 Å². The molecule has 3 nitrogen and oxygen atoms in total. The monoisotopic (exact) mass is 260 g/mol. The summed E-state index contributed by atoms with van der Waals surface area (Å²) < 4.78 is 0. The highest BCUT2D eigenvalue weighted by Gasteiger charge is 2.28. The number of nitrogens with two attached hydrogens (primary N) is 1. The molecule has 1 heterocycles. The molecule has 0 spiro atoms. The summed E-state index contributed by atoms with van der Waals surface area (Å²) >= 11 is 0. The summed E-state index contributed by atoms with van der Waals surface area (Å²) in [5.41, 5.74) is 7.87. The highest BCUT2D eigenvalue weighted by Crippen LogP contribution is 2.24. The number of likely N-dealkylation sites (tertiary alicyclic amines) is 1. The van der Waals surface area contributed by atoms with Crippen molar-refractivity contribution in [2.45, 2.75) is 33.2 Å². The van der Waals surface area contributed by atoms with Gasteiger partial charge in [0, 0.05) is 19.6 Å². The van der Waals surface area contributed by atoms with Crippen molar-refractivity contribution in [2.24, 2.45) is 17.6 Å². The summed E-state index contributed by atoms with van der Waals surface area (Å²) in [4.78, 5) is 14.3. The van der Waals surface area contributed by atoms with Crippen LogP contribution in [-0.4, -0.2) is 23.9 Å². The summed E-state index contributed by atoms with van der Waals surface area (Å²) in [6.07, 6.45) is 1.63. The highest BCUT2D eigenvalue weighted by atomic mass is 16.2. The smallest absolute Gasteiger partial charge is 0.227 e. The lowest BCUT2D eigenvalue weighted by Gasteiger charge is -2.19. The van der Waals surface area contributed by atoms with Crippen molar-refractivity contribution in [3.63, 3.8) is 0 Å². The number of amides is 1. The lowest BCUT2D eigenvalue weighted by Crippen LogP contribution is -2.31. The molecular formula is C16H24N2O. The Morgan fingerprint density at radius 1 is 1.37 bits per heavy atom. The van der Waals surface area contributed by atoms with Gasteiger partial charge in [-0.25, -0.2) is 0 Å². The Morgan fingerprint density at radius 2 is 2.05 bits per heavy atom. The number of rotatable bonds is 4. The van der Waals surface area contributed by atoms with E-state index in [1.165, 1.54) is 0 Å². The molecule has 1 atom stereocenters. The molecule has 3 heteroatoms. The van der Waals surface area contributed by atoms with Crippen LogP contribution in [0.4, 0.5) is 0 Å². The molecule has 1 amide bonds. The first-order chi connectivity index (χ1) is 9.11. The normalized spacial score (nSPS) is 19.2. The van der Waals surface area contributed by atoms with E-state index in [1.54, 1.807) is 0 Å². The molecule has 1 saturated heterocycles. The van der Waals surface area contributed by atoms with Gasteiger partial charge in [0.1, 0.15) is 0 Å². The van der Waals surface area contributed by atoms with Gasteiger partial charge in [-0.1, -0.05) is 38.1 Å². The molecule has 1 fully saturated rings. The lowest BCUT2D eigenvalue weighted by molar-refractivity contribution is -0.129. The minimum atomic E-state index is 0.240. The predicted molar refractivity (Wildman–Crippen MR) is 77.6 cm³/mol. The molecule has 2 rings (SSSR count). The molecule has 104 valence electrons. The van der Waals surface area contributed by atoms with Gasteiger partial charge in [-0.3, -0.25) is 4.79 Å². The van der Waals surface area contributed by atoms with Crippen LogP contribution < -0.4 is 5.73 Å². The SMILES string of the molecule is CC(C)C1CCN(C(=O)Cc2ccccc2CN)C1. The molecule has 19 heavy (non-hydrogen) atoms. The number of hydrogen-bond donors (Lipinski definition) is 1. The van der Waals surface area contributed by atoms with E-state index in [4.69, 9.17) is 5.73 Å². The molecule has 1 aromatic rings. The minimum absolute atomic E-state index is 0.240. The van der Waals surface area contributed by atoms with Crippen molar-refractivity contribution >= 4 is 5.91 Å². The average molecular weight is 260 g/mol. The topological polar surface area (TPSA) is 46.3 Å². The van der Waals surface area contributed by atoms with Gasteiger partial charge in [-0.15, -0.1) is 0 Å². The first-order valence-corrected chi connectivity index (χ1v) is 7.16. The van der Waals surface area contributed by atoms with Crippen molar-refractivity contribution < 1.29 is 4.79 Å². The molecule has 1 aliphatic rings. The number of carbonyl (C=O) groups is 1. The van der Waals surface area contributed by atoms with Gasteiger partial charge in [-0.2, -0.15) is 0 Å². The third-order valence-corrected chi connectivity index (χ3v) is 4.20. The minimum Gasteiger partial charge on any atom is -0.342 e. The fourth-order valence-electron chi connectivity index (χ4n) is 2.76. The molecule has 0 aliphatic carbocycles. The quantitative estimate of drug-likeness (QED) is 0.902. The summed E-state index contributed by atoms with van der Waals surface area (Å²) in [6, 6.07) is 7.96. The van der Waals surface area contributed by atoms with E-state index < -0.39 is 0 Å². The first-order valence-electron chi connectivity index (χ1n) is 7.16. The van der Waals surface area contributed by atoms with E-state index in [-0.39, 0.29) is 5.91 Å². The maximum absolute atomic E-state index is 12.3. The zero-order chi connectivity index (χ0) is 13.8. The van der Waals surface area contributed by atoms with Gasteiger partial charge in [0.25, 0.3) is 0 Å². The largest absolute Gasteiger partial charge is 0.342 e. The van der Waals surface area contributed by atoms with Crippen LogP contribution in [0.3, 0.4) is 0 Å². The molecule has 1 aromatic carbocycles. The number of hydrogen-bond acceptors (Lipinski definition) is 2. The third-order valence-electron chi connectivity index (χ3n) is 4.20. The molecule has 1 unspecified atom stereocenters. The van der Waals surface area contributed by atoms with Crippen LogP contribution in [0, 0.1) is 11.8 Å². The Labute approximate surface area is 115 Å². The lowest BCUT2D eigenvalue weighted by atomic mass is 9.95. The van der Waals surface area contributed by atoms with E-state index in [0.29, 0.717) is 24.8 Å². The van der Waals surface area contributed by atoms with Crippen LogP contribution in [0.15, 0.2) is 24.3 Å². The van der Waals surface area contributed by atoms with Gasteiger partial charge >= 0.3 is 0 Å². The second-order valence-electron chi connectivity index (χ2n) is 5.78. The summed E-state index contributed by atoms with van der Waals surface area (Å²) in [5, 5.41) is 0. The Morgan fingerprint density at radius 3 is 2.63 bits per heavy atom. The molecule has 0 bridgehead atoms. The third kappa shape index (κ3) is 3.35. The molecule has 0 radical (unpaired) electrons. The van der Waals surface area contributed by atoms with E-state index >= 15 is 0 Å². The fraction of sp³-hybridized carbons (Fsp3) is 0.562. The zero-order valence-electron chi connectivity index (χ0n) is 11.9. The van der Waals surface area contributed by atoms with E-state index in [9.17, 15) is 4.79 Å². The Kier molecular flexibility index (Phi) is 4.59. The molecular weight excluding hydrogens is 236 g/mol. The standard InChI is InChI=1S/C16H24N2O/c1-12(2)15-7-8-18(11-15)16(19)9-13-5-3-4-6-14(13)10-17/h3-6,12,15H,7-11,17H2,1-2H3. The van der Waals surface area contributed by atoms with Gasteiger partial charge in [-0.05, 0) is 29.4 Å². The van der Waals surface area contributed by atoms with Crippen molar-refractivity contribution in [3.05, 3.63) is 35.4 Å². The van der Waals surface area contributed by atoms with Crippen LogP contribution in [0.25, 0.3) is 0 Å². The van der Waals surface area contributed by atoms with Crippen molar-refractivity contribution in [1.29, 1.82) is 0 Å². The zero-order valence-corrected chi connectivity index (χ0v) is 11.9. The second kappa shape index (κ2) is 6.20. The maximum Gasteiger partial charge on any atom is 0.227 e. The van der Waals surface area contributed by atoms with E-state index in [2.05, 4.69) is 13.8 Å².